The van der Waals surface area contributed by atoms with Crippen LogP contribution in [0.5, 0.6) is 5.75 Å². The first-order valence-corrected chi connectivity index (χ1v) is 9.82. The van der Waals surface area contributed by atoms with Crippen LogP contribution in [0.1, 0.15) is 24.0 Å². The highest BCUT2D eigenvalue weighted by atomic mass is 19.1. The fourth-order valence-corrected chi connectivity index (χ4v) is 2.62. The van der Waals surface area contributed by atoms with Gasteiger partial charge in [0.05, 0.1) is 6.21 Å². The van der Waals surface area contributed by atoms with Crippen molar-refractivity contribution >= 4 is 23.7 Å². The summed E-state index contributed by atoms with van der Waals surface area (Å²) in [5, 5.41) is 6.45. The molecule has 0 aliphatic rings. The van der Waals surface area contributed by atoms with Gasteiger partial charge in [-0.15, -0.1) is 0 Å². The van der Waals surface area contributed by atoms with E-state index >= 15 is 0 Å². The van der Waals surface area contributed by atoms with Crippen LogP contribution >= 0.6 is 0 Å². The molecule has 8 heteroatoms. The maximum atomic E-state index is 12.9. The summed E-state index contributed by atoms with van der Waals surface area (Å²) < 4.78 is 31.4. The van der Waals surface area contributed by atoms with Crippen molar-refractivity contribution in [3.63, 3.8) is 0 Å². The minimum atomic E-state index is -0.408. The number of anilines is 1. The highest BCUT2D eigenvalue weighted by Gasteiger charge is 2.07. The number of rotatable bonds is 9. The number of ether oxygens (including phenoxy) is 1. The number of benzene rings is 3. The van der Waals surface area contributed by atoms with Crippen LogP contribution in [0, 0.1) is 11.6 Å². The van der Waals surface area contributed by atoms with Gasteiger partial charge in [-0.05, 0) is 71.8 Å². The molecule has 2 N–H and O–H groups in total. The number of carbonyl (C=O) groups is 2. The van der Waals surface area contributed by atoms with Crippen LogP contribution in [0.15, 0.2) is 77.9 Å². The van der Waals surface area contributed by atoms with Crippen molar-refractivity contribution in [3.05, 3.63) is 95.6 Å². The fraction of sp³-hybridized carbons (Fsp3) is 0.125. The number of hydrogen-bond donors (Lipinski definition) is 2. The van der Waals surface area contributed by atoms with Gasteiger partial charge < -0.3 is 10.1 Å². The molecule has 0 radical (unpaired) electrons. The lowest BCUT2D eigenvalue weighted by molar-refractivity contribution is -0.124. The lowest BCUT2D eigenvalue weighted by Crippen LogP contribution is -2.20. The Balaban J connectivity index is 1.37. The largest absolute Gasteiger partial charge is 0.489 e. The Bertz CT molecular complexity index is 1070. The molecule has 32 heavy (non-hydrogen) atoms. The summed E-state index contributed by atoms with van der Waals surface area (Å²) >= 11 is 0. The van der Waals surface area contributed by atoms with Gasteiger partial charge in [0.25, 0.3) is 0 Å². The number of amides is 2. The Morgan fingerprint density at radius 3 is 2.06 bits per heavy atom. The van der Waals surface area contributed by atoms with Crippen LogP contribution in [0.3, 0.4) is 0 Å². The first-order chi connectivity index (χ1) is 15.5. The molecule has 0 aliphatic carbocycles. The van der Waals surface area contributed by atoms with E-state index in [2.05, 4.69) is 15.8 Å². The standard InChI is InChI=1S/C24H21F2N3O3/c25-19-5-1-18(2-6-19)16-32-22-11-3-17(4-12-22)15-27-29-24(31)14-13-23(30)28-21-9-7-20(26)8-10-21/h1-12,15H,13-14,16H2,(H,28,30)(H,29,31). The number of carbonyl (C=O) groups excluding carboxylic acids is 2. The molecule has 0 heterocycles. The zero-order valence-corrected chi connectivity index (χ0v) is 17.1. The van der Waals surface area contributed by atoms with Crippen molar-refractivity contribution in [2.75, 3.05) is 5.32 Å². The second kappa shape index (κ2) is 11.4. The molecule has 0 saturated carbocycles. The quantitative estimate of drug-likeness (QED) is 0.384. The Labute approximate surface area is 183 Å². The number of hydrazone groups is 1. The molecule has 0 aromatic heterocycles. The van der Waals surface area contributed by atoms with Gasteiger partial charge in [0.1, 0.15) is 24.0 Å². The summed E-state index contributed by atoms with van der Waals surface area (Å²) in [5.74, 6) is -0.811. The summed E-state index contributed by atoms with van der Waals surface area (Å²) in [6.45, 7) is 0.318. The van der Waals surface area contributed by atoms with Crippen molar-refractivity contribution in [1.29, 1.82) is 0 Å². The molecular weight excluding hydrogens is 416 g/mol. The van der Waals surface area contributed by atoms with Gasteiger partial charge in [0.2, 0.25) is 11.8 Å². The molecule has 0 aliphatic heterocycles. The van der Waals surface area contributed by atoms with Crippen molar-refractivity contribution in [2.24, 2.45) is 5.10 Å². The monoisotopic (exact) mass is 437 g/mol. The van der Waals surface area contributed by atoms with Gasteiger partial charge in [-0.2, -0.15) is 5.10 Å². The van der Waals surface area contributed by atoms with E-state index in [9.17, 15) is 18.4 Å². The lowest BCUT2D eigenvalue weighted by Gasteiger charge is -2.06. The predicted molar refractivity (Wildman–Crippen MR) is 117 cm³/mol. The third-order valence-corrected chi connectivity index (χ3v) is 4.31. The van der Waals surface area contributed by atoms with E-state index in [1.807, 2.05) is 0 Å². The smallest absolute Gasteiger partial charge is 0.240 e. The zero-order valence-electron chi connectivity index (χ0n) is 17.1. The van der Waals surface area contributed by atoms with Crippen LogP contribution < -0.4 is 15.5 Å². The van der Waals surface area contributed by atoms with E-state index in [4.69, 9.17) is 4.74 Å². The predicted octanol–water partition coefficient (Wildman–Crippen LogP) is 4.41. The molecule has 0 saturated heterocycles. The molecular formula is C24H21F2N3O3. The van der Waals surface area contributed by atoms with Gasteiger partial charge in [-0.3, -0.25) is 9.59 Å². The molecule has 3 aromatic carbocycles. The highest BCUT2D eigenvalue weighted by Crippen LogP contribution is 2.14. The minimum absolute atomic E-state index is 0.0289. The average molecular weight is 437 g/mol. The van der Waals surface area contributed by atoms with Gasteiger partial charge in [-0.25, -0.2) is 14.2 Å². The van der Waals surface area contributed by atoms with E-state index in [-0.39, 0.29) is 24.6 Å². The molecule has 0 spiro atoms. The third kappa shape index (κ3) is 7.64. The van der Waals surface area contributed by atoms with Crippen LogP contribution in [0.4, 0.5) is 14.5 Å². The maximum Gasteiger partial charge on any atom is 0.240 e. The second-order valence-corrected chi connectivity index (χ2v) is 6.83. The van der Waals surface area contributed by atoms with E-state index < -0.39 is 11.7 Å². The molecule has 3 rings (SSSR count). The molecule has 0 fully saturated rings. The van der Waals surface area contributed by atoms with Crippen molar-refractivity contribution in [3.8, 4) is 5.75 Å². The molecule has 2 amide bonds. The Hall–Kier alpha value is -4.07. The lowest BCUT2D eigenvalue weighted by atomic mass is 10.2. The topological polar surface area (TPSA) is 79.8 Å². The van der Waals surface area contributed by atoms with Crippen molar-refractivity contribution < 1.29 is 23.1 Å². The van der Waals surface area contributed by atoms with Gasteiger partial charge in [0.15, 0.2) is 0 Å². The van der Waals surface area contributed by atoms with Crippen LogP contribution in [-0.2, 0) is 16.2 Å². The van der Waals surface area contributed by atoms with Gasteiger partial charge >= 0.3 is 0 Å². The summed E-state index contributed by atoms with van der Waals surface area (Å²) in [6.07, 6.45) is 1.40. The summed E-state index contributed by atoms with van der Waals surface area (Å²) in [6, 6.07) is 18.5. The first-order valence-electron chi connectivity index (χ1n) is 9.82. The summed E-state index contributed by atoms with van der Waals surface area (Å²) in [5.41, 5.74) is 4.42. The van der Waals surface area contributed by atoms with Crippen molar-refractivity contribution in [1.82, 2.24) is 5.43 Å². The van der Waals surface area contributed by atoms with E-state index in [1.165, 1.54) is 42.6 Å². The van der Waals surface area contributed by atoms with Crippen LogP contribution in [-0.4, -0.2) is 18.0 Å². The number of nitrogens with one attached hydrogen (secondary N) is 2. The van der Waals surface area contributed by atoms with Crippen LogP contribution in [0.25, 0.3) is 0 Å². The molecule has 0 bridgehead atoms. The molecule has 0 atom stereocenters. The Kier molecular flexibility index (Phi) is 8.02. The molecule has 3 aromatic rings. The van der Waals surface area contributed by atoms with E-state index in [1.54, 1.807) is 36.4 Å². The highest BCUT2D eigenvalue weighted by molar-refractivity contribution is 5.93. The molecule has 6 nitrogen and oxygen atoms in total. The number of halogens is 2. The molecule has 0 unspecified atom stereocenters. The minimum Gasteiger partial charge on any atom is -0.489 e. The van der Waals surface area contributed by atoms with Gasteiger partial charge in [-0.1, -0.05) is 12.1 Å². The van der Waals surface area contributed by atoms with E-state index in [0.29, 0.717) is 18.0 Å². The number of hydrogen-bond acceptors (Lipinski definition) is 4. The third-order valence-electron chi connectivity index (χ3n) is 4.31. The Morgan fingerprint density at radius 2 is 1.41 bits per heavy atom. The molecule has 164 valence electrons. The summed E-state index contributed by atoms with van der Waals surface area (Å²) in [7, 11) is 0. The van der Waals surface area contributed by atoms with E-state index in [0.717, 1.165) is 11.1 Å². The average Bonchev–Trinajstić information content (AvgIpc) is 2.80. The second-order valence-electron chi connectivity index (χ2n) is 6.83. The first kappa shape index (κ1) is 22.6. The normalized spacial score (nSPS) is 10.7. The van der Waals surface area contributed by atoms with Gasteiger partial charge in [0, 0.05) is 18.5 Å². The SMILES string of the molecule is O=C(CCC(=O)Nc1ccc(F)cc1)NN=Cc1ccc(OCc2ccc(F)cc2)cc1. The maximum absolute atomic E-state index is 12.9. The van der Waals surface area contributed by atoms with Crippen molar-refractivity contribution in [2.45, 2.75) is 19.4 Å². The van der Waals surface area contributed by atoms with Crippen LogP contribution in [0.2, 0.25) is 0 Å². The fourth-order valence-electron chi connectivity index (χ4n) is 2.62. The number of nitrogens with zero attached hydrogens (tertiary/aromatic N) is 1. The zero-order chi connectivity index (χ0) is 22.8. The Morgan fingerprint density at radius 1 is 0.812 bits per heavy atom. The summed E-state index contributed by atoms with van der Waals surface area (Å²) in [4.78, 5) is 23.7.